The molecule has 1 N–H and O–H groups in total. The molecular weight excluding hydrogens is 264 g/mol. The summed E-state index contributed by atoms with van der Waals surface area (Å²) in [6.45, 7) is 6.97. The monoisotopic (exact) mass is 290 g/mol. The van der Waals surface area contributed by atoms with Crippen molar-refractivity contribution in [1.82, 2.24) is 5.32 Å². The van der Waals surface area contributed by atoms with Crippen molar-refractivity contribution in [1.29, 1.82) is 0 Å². The summed E-state index contributed by atoms with van der Waals surface area (Å²) < 4.78 is 12.0. The molecule has 116 valence electrons. The molecule has 1 aromatic rings. The Balaban J connectivity index is 1.60. The van der Waals surface area contributed by atoms with E-state index in [1.807, 2.05) is 6.07 Å². The Kier molecular flexibility index (Phi) is 4.99. The minimum Gasteiger partial charge on any atom is -0.491 e. The lowest BCUT2D eigenvalue weighted by Gasteiger charge is -2.27. The van der Waals surface area contributed by atoms with Gasteiger partial charge in [0.2, 0.25) is 0 Å². The lowest BCUT2D eigenvalue weighted by atomic mass is 10.1. The first-order valence-corrected chi connectivity index (χ1v) is 8.19. The maximum atomic E-state index is 6.18. The van der Waals surface area contributed by atoms with Crippen LogP contribution in [0.4, 0.5) is 5.69 Å². The van der Waals surface area contributed by atoms with Crippen LogP contribution in [-0.4, -0.2) is 45.0 Å². The third kappa shape index (κ3) is 3.69. The van der Waals surface area contributed by atoms with Crippen LogP contribution in [-0.2, 0) is 4.74 Å². The second-order valence-corrected chi connectivity index (χ2v) is 5.88. The third-order valence-electron chi connectivity index (χ3n) is 4.28. The number of benzene rings is 1. The molecule has 2 aliphatic rings. The topological polar surface area (TPSA) is 33.7 Å². The maximum absolute atomic E-state index is 6.18. The Hall–Kier alpha value is -1.26. The minimum atomic E-state index is 0.347. The van der Waals surface area contributed by atoms with Gasteiger partial charge < -0.3 is 19.7 Å². The molecule has 1 saturated heterocycles. The molecule has 2 unspecified atom stereocenters. The molecule has 4 heteroatoms. The van der Waals surface area contributed by atoms with E-state index in [2.05, 4.69) is 35.3 Å². The van der Waals surface area contributed by atoms with Crippen LogP contribution in [0.1, 0.15) is 26.2 Å². The van der Waals surface area contributed by atoms with Crippen LogP contribution >= 0.6 is 0 Å². The normalized spacial score (nSPS) is 25.3. The Labute approximate surface area is 127 Å². The maximum Gasteiger partial charge on any atom is 0.142 e. The standard InChI is InChI=1S/C17H26N2O2/c1-2-18-12-14-8-9-15(21-14)13-19-10-5-11-20-17-7-4-3-6-16(17)19/h3-4,6-7,14-15,18H,2,5,8-13H2,1H3. The van der Waals surface area contributed by atoms with Crippen LogP contribution in [0.25, 0.3) is 0 Å². The highest BCUT2D eigenvalue weighted by molar-refractivity contribution is 5.59. The predicted octanol–water partition coefficient (Wildman–Crippen LogP) is 2.43. The second kappa shape index (κ2) is 7.14. The summed E-state index contributed by atoms with van der Waals surface area (Å²) in [6.07, 6.45) is 4.13. The molecule has 0 aliphatic carbocycles. The van der Waals surface area contributed by atoms with E-state index in [9.17, 15) is 0 Å². The van der Waals surface area contributed by atoms with Gasteiger partial charge in [-0.2, -0.15) is 0 Å². The number of para-hydroxylation sites is 2. The Morgan fingerprint density at radius 3 is 3.00 bits per heavy atom. The van der Waals surface area contributed by atoms with Crippen molar-refractivity contribution in [2.75, 3.05) is 37.7 Å². The summed E-state index contributed by atoms with van der Waals surface area (Å²) >= 11 is 0. The molecule has 1 aromatic carbocycles. The SMILES string of the molecule is CCNCC1CCC(CN2CCCOc3ccccc32)O1. The van der Waals surface area contributed by atoms with Gasteiger partial charge in [-0.15, -0.1) is 0 Å². The van der Waals surface area contributed by atoms with Crippen LogP contribution in [0.15, 0.2) is 24.3 Å². The zero-order valence-electron chi connectivity index (χ0n) is 12.9. The van der Waals surface area contributed by atoms with Crippen LogP contribution in [0.3, 0.4) is 0 Å². The van der Waals surface area contributed by atoms with Gasteiger partial charge in [0.05, 0.1) is 24.5 Å². The van der Waals surface area contributed by atoms with Crippen molar-refractivity contribution in [2.45, 2.75) is 38.4 Å². The Morgan fingerprint density at radius 2 is 2.10 bits per heavy atom. The van der Waals surface area contributed by atoms with E-state index in [-0.39, 0.29) is 0 Å². The number of anilines is 1. The van der Waals surface area contributed by atoms with Gasteiger partial charge in [0.25, 0.3) is 0 Å². The molecule has 1 fully saturated rings. The molecule has 2 heterocycles. The van der Waals surface area contributed by atoms with Crippen molar-refractivity contribution in [2.24, 2.45) is 0 Å². The summed E-state index contributed by atoms with van der Waals surface area (Å²) in [4.78, 5) is 2.43. The molecule has 2 atom stereocenters. The highest BCUT2D eigenvalue weighted by Crippen LogP contribution is 2.32. The first-order chi connectivity index (χ1) is 10.4. The van der Waals surface area contributed by atoms with E-state index in [1.165, 1.54) is 12.1 Å². The van der Waals surface area contributed by atoms with Gasteiger partial charge in [-0.3, -0.25) is 0 Å². The summed E-state index contributed by atoms with van der Waals surface area (Å²) in [7, 11) is 0. The number of nitrogens with zero attached hydrogens (tertiary/aromatic N) is 1. The third-order valence-corrected chi connectivity index (χ3v) is 4.28. The fraction of sp³-hybridized carbons (Fsp3) is 0.647. The van der Waals surface area contributed by atoms with Crippen LogP contribution in [0.2, 0.25) is 0 Å². The van der Waals surface area contributed by atoms with Crippen molar-refractivity contribution >= 4 is 5.69 Å². The molecule has 4 nitrogen and oxygen atoms in total. The highest BCUT2D eigenvalue weighted by atomic mass is 16.5. The number of rotatable bonds is 5. The van der Waals surface area contributed by atoms with Gasteiger partial charge >= 0.3 is 0 Å². The van der Waals surface area contributed by atoms with E-state index in [1.54, 1.807) is 0 Å². The smallest absolute Gasteiger partial charge is 0.142 e. The number of nitrogens with one attached hydrogen (secondary N) is 1. The fourth-order valence-corrected chi connectivity index (χ4v) is 3.20. The first-order valence-electron chi connectivity index (χ1n) is 8.19. The molecule has 0 saturated carbocycles. The number of fused-ring (bicyclic) bond motifs is 1. The molecule has 3 rings (SSSR count). The summed E-state index contributed by atoms with van der Waals surface area (Å²) in [5, 5.41) is 3.38. The van der Waals surface area contributed by atoms with Crippen molar-refractivity contribution in [3.63, 3.8) is 0 Å². The Morgan fingerprint density at radius 1 is 1.24 bits per heavy atom. The average molecular weight is 290 g/mol. The molecule has 0 amide bonds. The zero-order valence-corrected chi connectivity index (χ0v) is 12.9. The second-order valence-electron chi connectivity index (χ2n) is 5.88. The number of hydrogen-bond donors (Lipinski definition) is 1. The lowest BCUT2D eigenvalue weighted by molar-refractivity contribution is 0.0497. The van der Waals surface area contributed by atoms with Gasteiger partial charge in [-0.05, 0) is 37.9 Å². The van der Waals surface area contributed by atoms with Gasteiger partial charge in [-0.1, -0.05) is 19.1 Å². The van der Waals surface area contributed by atoms with E-state index in [0.29, 0.717) is 12.2 Å². The van der Waals surface area contributed by atoms with Gasteiger partial charge in [0, 0.05) is 19.6 Å². The number of likely N-dealkylation sites (N-methyl/N-ethyl adjacent to an activating group) is 1. The van der Waals surface area contributed by atoms with E-state index < -0.39 is 0 Å². The predicted molar refractivity (Wildman–Crippen MR) is 85.2 cm³/mol. The fourth-order valence-electron chi connectivity index (χ4n) is 3.20. The lowest BCUT2D eigenvalue weighted by Crippen LogP contribution is -2.34. The summed E-state index contributed by atoms with van der Waals surface area (Å²) in [6, 6.07) is 8.35. The number of ether oxygens (including phenoxy) is 2. The quantitative estimate of drug-likeness (QED) is 0.903. The van der Waals surface area contributed by atoms with E-state index >= 15 is 0 Å². The van der Waals surface area contributed by atoms with E-state index in [4.69, 9.17) is 9.47 Å². The highest BCUT2D eigenvalue weighted by Gasteiger charge is 2.27. The Bertz CT molecular complexity index is 452. The first kappa shape index (κ1) is 14.7. The van der Waals surface area contributed by atoms with Crippen LogP contribution in [0, 0.1) is 0 Å². The molecule has 0 radical (unpaired) electrons. The molecule has 0 bridgehead atoms. The minimum absolute atomic E-state index is 0.347. The molecule has 0 spiro atoms. The van der Waals surface area contributed by atoms with Gasteiger partial charge in [-0.25, -0.2) is 0 Å². The van der Waals surface area contributed by atoms with Crippen molar-refractivity contribution < 1.29 is 9.47 Å². The zero-order chi connectivity index (χ0) is 14.5. The summed E-state index contributed by atoms with van der Waals surface area (Å²) in [5.41, 5.74) is 1.22. The summed E-state index contributed by atoms with van der Waals surface area (Å²) in [5.74, 6) is 1.01. The molecule has 0 aromatic heterocycles. The van der Waals surface area contributed by atoms with Crippen molar-refractivity contribution in [3.8, 4) is 5.75 Å². The molecule has 2 aliphatic heterocycles. The van der Waals surface area contributed by atoms with Gasteiger partial charge in [0.15, 0.2) is 0 Å². The van der Waals surface area contributed by atoms with Crippen LogP contribution in [0.5, 0.6) is 5.75 Å². The van der Waals surface area contributed by atoms with Crippen molar-refractivity contribution in [3.05, 3.63) is 24.3 Å². The molecular formula is C17H26N2O2. The van der Waals surface area contributed by atoms with Gasteiger partial charge in [0.1, 0.15) is 5.75 Å². The molecule has 21 heavy (non-hydrogen) atoms. The van der Waals surface area contributed by atoms with Crippen LogP contribution < -0.4 is 15.0 Å². The average Bonchev–Trinajstić information content (AvgIpc) is 2.86. The largest absolute Gasteiger partial charge is 0.491 e. The number of hydrogen-bond acceptors (Lipinski definition) is 4. The van der Waals surface area contributed by atoms with E-state index in [0.717, 1.165) is 51.4 Å².